The van der Waals surface area contributed by atoms with Crippen molar-refractivity contribution in [1.82, 2.24) is 4.57 Å². The third kappa shape index (κ3) is 2.91. The van der Waals surface area contributed by atoms with Crippen LogP contribution in [0.1, 0.15) is 10.4 Å². The van der Waals surface area contributed by atoms with E-state index < -0.39 is 30.4 Å². The number of hydrogen-bond donors (Lipinski definition) is 1. The number of nitrogens with zero attached hydrogens (tertiary/aromatic N) is 1. The SMILES string of the molecule is COC(=O)Cc1cn(C(=O)C(F)(F)C(F)(F)F)c2ccc(O)cc12. The van der Waals surface area contributed by atoms with E-state index in [2.05, 4.69) is 4.74 Å². The van der Waals surface area contributed by atoms with Gasteiger partial charge in [-0.15, -0.1) is 0 Å². The Morgan fingerprint density at radius 2 is 1.83 bits per heavy atom. The molecule has 1 N–H and O–H groups in total. The number of carbonyl (C=O) groups is 2. The number of carbonyl (C=O) groups excluding carboxylic acids is 2. The summed E-state index contributed by atoms with van der Waals surface area (Å²) in [5.74, 6) is -9.24. The van der Waals surface area contributed by atoms with Gasteiger partial charge in [-0.3, -0.25) is 14.2 Å². The minimum absolute atomic E-state index is 0.0216. The Labute approximate surface area is 131 Å². The summed E-state index contributed by atoms with van der Waals surface area (Å²) in [6.45, 7) is 0. The normalized spacial score (nSPS) is 12.4. The summed E-state index contributed by atoms with van der Waals surface area (Å²) in [6.07, 6.45) is -5.85. The molecular weight excluding hydrogens is 341 g/mol. The molecule has 10 heteroatoms. The van der Waals surface area contributed by atoms with E-state index in [-0.39, 0.29) is 26.8 Å². The number of aromatic hydroxyl groups is 1. The molecule has 0 amide bonds. The number of hydrogen-bond acceptors (Lipinski definition) is 4. The van der Waals surface area contributed by atoms with Crippen molar-refractivity contribution < 1.29 is 41.4 Å². The van der Waals surface area contributed by atoms with Crippen molar-refractivity contribution in [1.29, 1.82) is 0 Å². The van der Waals surface area contributed by atoms with E-state index in [1.165, 1.54) is 0 Å². The second kappa shape index (κ2) is 5.77. The maximum absolute atomic E-state index is 13.3. The number of phenolic OH excluding ortho intramolecular Hbond substituents is 1. The second-order valence-corrected chi connectivity index (χ2v) is 4.86. The van der Waals surface area contributed by atoms with Crippen molar-refractivity contribution in [2.45, 2.75) is 18.5 Å². The Bertz CT molecular complexity index is 809. The predicted molar refractivity (Wildman–Crippen MR) is 71.0 cm³/mol. The van der Waals surface area contributed by atoms with Crippen molar-refractivity contribution in [2.75, 3.05) is 7.11 Å². The lowest BCUT2D eigenvalue weighted by Gasteiger charge is -2.18. The molecule has 24 heavy (non-hydrogen) atoms. The largest absolute Gasteiger partial charge is 0.508 e. The highest BCUT2D eigenvalue weighted by Crippen LogP contribution is 2.38. The molecule has 0 aliphatic carbocycles. The first kappa shape index (κ1) is 17.7. The third-order valence-electron chi connectivity index (χ3n) is 3.28. The van der Waals surface area contributed by atoms with Crippen LogP contribution in [0, 0.1) is 0 Å². The molecule has 0 atom stereocenters. The van der Waals surface area contributed by atoms with E-state index >= 15 is 0 Å². The fourth-order valence-corrected chi connectivity index (χ4v) is 2.10. The first-order chi connectivity index (χ1) is 11.0. The number of alkyl halides is 5. The fraction of sp³-hybridized carbons (Fsp3) is 0.286. The van der Waals surface area contributed by atoms with Crippen molar-refractivity contribution >= 4 is 22.8 Å². The van der Waals surface area contributed by atoms with Crippen LogP contribution in [0.15, 0.2) is 24.4 Å². The minimum Gasteiger partial charge on any atom is -0.508 e. The lowest BCUT2D eigenvalue weighted by Crippen LogP contribution is -2.46. The molecule has 5 nitrogen and oxygen atoms in total. The Hall–Kier alpha value is -2.65. The molecule has 0 unspecified atom stereocenters. The van der Waals surface area contributed by atoms with Crippen molar-refractivity contribution in [3.8, 4) is 5.75 Å². The van der Waals surface area contributed by atoms with Crippen LogP contribution in [0.25, 0.3) is 10.9 Å². The third-order valence-corrected chi connectivity index (χ3v) is 3.28. The molecule has 0 saturated heterocycles. The molecule has 0 spiro atoms. The van der Waals surface area contributed by atoms with Gasteiger partial charge in [-0.2, -0.15) is 22.0 Å². The maximum atomic E-state index is 13.3. The van der Waals surface area contributed by atoms with Crippen LogP contribution in [0.3, 0.4) is 0 Å². The Kier molecular flexibility index (Phi) is 4.25. The molecule has 0 bridgehead atoms. The van der Waals surface area contributed by atoms with Crippen LogP contribution in [0.2, 0.25) is 0 Å². The standard InChI is InChI=1S/C14H10F5NO4/c1-24-11(22)4-7-6-20(10-3-2-8(21)5-9(7)10)12(23)13(15,16)14(17,18)19/h2-3,5-6,21H,4H2,1H3. The van der Waals surface area contributed by atoms with Crippen LogP contribution >= 0.6 is 0 Å². The highest BCUT2D eigenvalue weighted by atomic mass is 19.4. The van der Waals surface area contributed by atoms with Gasteiger partial charge in [0.2, 0.25) is 0 Å². The second-order valence-electron chi connectivity index (χ2n) is 4.86. The maximum Gasteiger partial charge on any atom is 0.463 e. The smallest absolute Gasteiger partial charge is 0.463 e. The molecule has 0 radical (unpaired) electrons. The zero-order chi connectivity index (χ0) is 18.3. The number of aromatic nitrogens is 1. The summed E-state index contributed by atoms with van der Waals surface area (Å²) in [7, 11) is 1.06. The monoisotopic (exact) mass is 351 g/mol. The van der Waals surface area contributed by atoms with Gasteiger partial charge in [0.05, 0.1) is 19.0 Å². The zero-order valence-corrected chi connectivity index (χ0v) is 12.0. The fourth-order valence-electron chi connectivity index (χ4n) is 2.10. The number of benzene rings is 1. The number of phenols is 1. The molecule has 1 aromatic carbocycles. The number of esters is 1. The predicted octanol–water partition coefficient (Wildman–Crippen LogP) is 2.90. The highest BCUT2D eigenvalue weighted by molar-refractivity contribution is 5.99. The van der Waals surface area contributed by atoms with E-state index in [0.29, 0.717) is 6.20 Å². The Balaban J connectivity index is 2.63. The van der Waals surface area contributed by atoms with Gasteiger partial charge in [-0.25, -0.2) is 0 Å². The average molecular weight is 351 g/mol. The van der Waals surface area contributed by atoms with Crippen LogP contribution < -0.4 is 0 Å². The van der Waals surface area contributed by atoms with E-state index in [1.54, 1.807) is 0 Å². The summed E-state index contributed by atoms with van der Waals surface area (Å²) in [6, 6.07) is 3.05. The molecule has 0 fully saturated rings. The number of halogens is 5. The number of ether oxygens (including phenoxy) is 1. The van der Waals surface area contributed by atoms with Gasteiger partial charge in [-0.05, 0) is 23.8 Å². The number of fused-ring (bicyclic) bond motifs is 1. The van der Waals surface area contributed by atoms with E-state index in [9.17, 15) is 36.6 Å². The van der Waals surface area contributed by atoms with Crippen molar-refractivity contribution in [3.63, 3.8) is 0 Å². The van der Waals surface area contributed by atoms with Crippen LogP contribution in [-0.2, 0) is 16.0 Å². The first-order valence-corrected chi connectivity index (χ1v) is 6.38. The lowest BCUT2D eigenvalue weighted by molar-refractivity contribution is -0.257. The van der Waals surface area contributed by atoms with Gasteiger partial charge in [0.1, 0.15) is 5.75 Å². The molecule has 0 aliphatic rings. The quantitative estimate of drug-likeness (QED) is 0.682. The van der Waals surface area contributed by atoms with Crippen LogP contribution in [0.4, 0.5) is 22.0 Å². The van der Waals surface area contributed by atoms with Gasteiger partial charge >= 0.3 is 24.0 Å². The summed E-state index contributed by atoms with van der Waals surface area (Å²) >= 11 is 0. The molecule has 0 saturated carbocycles. The Morgan fingerprint density at radius 1 is 1.21 bits per heavy atom. The Morgan fingerprint density at radius 3 is 2.38 bits per heavy atom. The van der Waals surface area contributed by atoms with Gasteiger partial charge in [0, 0.05) is 11.6 Å². The molecule has 1 heterocycles. The number of methoxy groups -OCH3 is 1. The molecule has 2 aromatic rings. The van der Waals surface area contributed by atoms with Crippen molar-refractivity contribution in [3.05, 3.63) is 30.0 Å². The molecule has 0 aliphatic heterocycles. The molecule has 130 valence electrons. The van der Waals surface area contributed by atoms with Crippen LogP contribution in [-0.4, -0.2) is 40.8 Å². The number of rotatable bonds is 3. The lowest BCUT2D eigenvalue weighted by atomic mass is 10.1. The average Bonchev–Trinajstić information content (AvgIpc) is 2.83. The molecule has 2 rings (SSSR count). The van der Waals surface area contributed by atoms with Gasteiger partial charge in [-0.1, -0.05) is 0 Å². The van der Waals surface area contributed by atoms with E-state index in [4.69, 9.17) is 0 Å². The van der Waals surface area contributed by atoms with Gasteiger partial charge < -0.3 is 9.84 Å². The van der Waals surface area contributed by atoms with Gasteiger partial charge in [0.15, 0.2) is 0 Å². The first-order valence-electron chi connectivity index (χ1n) is 6.38. The van der Waals surface area contributed by atoms with Crippen molar-refractivity contribution in [2.24, 2.45) is 0 Å². The summed E-state index contributed by atoms with van der Waals surface area (Å²) in [5, 5.41) is 9.42. The molecule has 1 aromatic heterocycles. The van der Waals surface area contributed by atoms with E-state index in [1.807, 2.05) is 0 Å². The summed E-state index contributed by atoms with van der Waals surface area (Å²) < 4.78 is 68.4. The highest BCUT2D eigenvalue weighted by Gasteiger charge is 2.64. The minimum atomic E-state index is -6.07. The summed E-state index contributed by atoms with van der Waals surface area (Å²) in [4.78, 5) is 23.0. The molecular formula is C14H10F5NO4. The zero-order valence-electron chi connectivity index (χ0n) is 12.0. The van der Waals surface area contributed by atoms with E-state index in [0.717, 1.165) is 25.3 Å². The van der Waals surface area contributed by atoms with Crippen LogP contribution in [0.5, 0.6) is 5.75 Å². The summed E-state index contributed by atoms with van der Waals surface area (Å²) in [5.41, 5.74) is -0.347. The topological polar surface area (TPSA) is 68.5 Å². The van der Waals surface area contributed by atoms with Gasteiger partial charge in [0.25, 0.3) is 0 Å².